The van der Waals surface area contributed by atoms with Crippen LogP contribution in [0.4, 0.5) is 18.9 Å². The summed E-state index contributed by atoms with van der Waals surface area (Å²) in [5.41, 5.74) is 0.530. The highest BCUT2D eigenvalue weighted by molar-refractivity contribution is 7.80. The number of benzene rings is 2. The molecule has 33 heavy (non-hydrogen) atoms. The maximum absolute atomic E-state index is 13.3. The average Bonchev–Trinajstić information content (AvgIpc) is 3.22. The van der Waals surface area contributed by atoms with Gasteiger partial charge in [-0.05, 0) is 73.2 Å². The summed E-state index contributed by atoms with van der Waals surface area (Å²) in [6, 6.07) is 12.9. The van der Waals surface area contributed by atoms with Crippen LogP contribution in [0.25, 0.3) is 11.8 Å². The zero-order valence-electron chi connectivity index (χ0n) is 17.0. The van der Waals surface area contributed by atoms with E-state index in [1.807, 2.05) is 0 Å². The zero-order chi connectivity index (χ0) is 23.9. The van der Waals surface area contributed by atoms with Gasteiger partial charge in [0.2, 0.25) is 0 Å². The van der Waals surface area contributed by atoms with Crippen molar-refractivity contribution in [1.29, 1.82) is 0 Å². The summed E-state index contributed by atoms with van der Waals surface area (Å²) in [4.78, 5) is 27.1. The van der Waals surface area contributed by atoms with Gasteiger partial charge in [-0.2, -0.15) is 13.2 Å². The highest BCUT2D eigenvalue weighted by Gasteiger charge is 2.35. The largest absolute Gasteiger partial charge is 0.416 e. The van der Waals surface area contributed by atoms with Gasteiger partial charge in [-0.15, -0.1) is 0 Å². The number of amides is 2. The molecule has 2 aromatic carbocycles. The molecule has 0 bridgehead atoms. The molecule has 1 aliphatic heterocycles. The van der Waals surface area contributed by atoms with Crippen LogP contribution in [-0.2, 0) is 15.8 Å². The fraction of sp³-hybridized carbons (Fsp3) is 0.0870. The molecule has 3 aromatic rings. The van der Waals surface area contributed by atoms with Gasteiger partial charge in [0, 0.05) is 22.6 Å². The molecule has 1 aromatic heterocycles. The summed E-state index contributed by atoms with van der Waals surface area (Å²) >= 11 is 11.4. The molecule has 0 atom stereocenters. The molecule has 1 N–H and O–H groups in total. The predicted molar refractivity (Wildman–Crippen MR) is 123 cm³/mol. The number of hydrogen-bond acceptors (Lipinski definition) is 3. The monoisotopic (exact) mass is 489 g/mol. The maximum Gasteiger partial charge on any atom is 0.416 e. The van der Waals surface area contributed by atoms with E-state index in [9.17, 15) is 22.8 Å². The lowest BCUT2D eigenvalue weighted by molar-refractivity contribution is -0.137. The summed E-state index contributed by atoms with van der Waals surface area (Å²) in [7, 11) is 0. The SMILES string of the molecule is Cc1c(Cl)cccc1N1C(=O)/C(=C/c2cccn2-c2cccc(C(F)(F)F)c2)C(=O)NC1=S. The number of nitrogens with zero attached hydrogens (tertiary/aromatic N) is 2. The van der Waals surface area contributed by atoms with Gasteiger partial charge < -0.3 is 4.57 Å². The lowest BCUT2D eigenvalue weighted by Gasteiger charge is -2.30. The molecule has 0 aliphatic carbocycles. The number of anilines is 1. The Morgan fingerprint density at radius 2 is 1.79 bits per heavy atom. The van der Waals surface area contributed by atoms with Crippen LogP contribution in [0.2, 0.25) is 5.02 Å². The summed E-state index contributed by atoms with van der Waals surface area (Å²) in [5, 5.41) is 2.81. The first-order valence-corrected chi connectivity index (χ1v) is 10.4. The van der Waals surface area contributed by atoms with Gasteiger partial charge in [0.05, 0.1) is 11.3 Å². The Balaban J connectivity index is 1.77. The minimum absolute atomic E-state index is 0.0965. The van der Waals surface area contributed by atoms with E-state index in [0.29, 0.717) is 22.0 Å². The van der Waals surface area contributed by atoms with Crippen LogP contribution in [-0.4, -0.2) is 21.5 Å². The van der Waals surface area contributed by atoms with Gasteiger partial charge in [-0.25, -0.2) is 0 Å². The van der Waals surface area contributed by atoms with Crippen LogP contribution >= 0.6 is 23.8 Å². The number of carbonyl (C=O) groups is 2. The average molecular weight is 490 g/mol. The van der Waals surface area contributed by atoms with E-state index in [1.54, 1.807) is 37.3 Å². The van der Waals surface area contributed by atoms with Crippen molar-refractivity contribution >= 4 is 52.5 Å². The van der Waals surface area contributed by atoms with E-state index in [0.717, 1.165) is 12.1 Å². The quantitative estimate of drug-likeness (QED) is 0.309. The van der Waals surface area contributed by atoms with Gasteiger partial charge in [0.1, 0.15) is 5.57 Å². The van der Waals surface area contributed by atoms with Crippen LogP contribution in [0.5, 0.6) is 0 Å². The fourth-order valence-corrected chi connectivity index (χ4v) is 3.88. The molecule has 1 aliphatic rings. The van der Waals surface area contributed by atoms with E-state index >= 15 is 0 Å². The second-order valence-corrected chi connectivity index (χ2v) is 7.99. The van der Waals surface area contributed by atoms with Crippen molar-refractivity contribution < 1.29 is 22.8 Å². The first kappa shape index (κ1) is 22.8. The Morgan fingerprint density at radius 3 is 2.52 bits per heavy atom. The summed E-state index contributed by atoms with van der Waals surface area (Å²) in [5.74, 6) is -1.39. The number of rotatable bonds is 3. The molecule has 0 saturated carbocycles. The van der Waals surface area contributed by atoms with Crippen molar-refractivity contribution in [3.8, 4) is 5.69 Å². The highest BCUT2D eigenvalue weighted by atomic mass is 35.5. The molecule has 4 rings (SSSR count). The van der Waals surface area contributed by atoms with Gasteiger partial charge in [-0.3, -0.25) is 19.8 Å². The number of halogens is 4. The maximum atomic E-state index is 13.3. The Hall–Kier alpha value is -3.43. The third-order valence-electron chi connectivity index (χ3n) is 5.11. The number of thiocarbonyl (C=S) groups is 1. The van der Waals surface area contributed by atoms with Crippen molar-refractivity contribution in [1.82, 2.24) is 9.88 Å². The molecule has 0 unspecified atom stereocenters. The summed E-state index contributed by atoms with van der Waals surface area (Å²) < 4.78 is 40.9. The third kappa shape index (κ3) is 4.29. The molecule has 2 heterocycles. The summed E-state index contributed by atoms with van der Waals surface area (Å²) in [6.07, 6.45) is -1.66. The molecule has 0 spiro atoms. The van der Waals surface area contributed by atoms with Crippen LogP contribution in [0.15, 0.2) is 66.4 Å². The predicted octanol–water partition coefficient (Wildman–Crippen LogP) is 5.29. The van der Waals surface area contributed by atoms with Crippen molar-refractivity contribution in [3.63, 3.8) is 0 Å². The van der Waals surface area contributed by atoms with E-state index in [-0.39, 0.29) is 16.4 Å². The second-order valence-electron chi connectivity index (χ2n) is 7.19. The molecular formula is C23H15ClF3N3O2S. The van der Waals surface area contributed by atoms with Crippen LogP contribution in [0.3, 0.4) is 0 Å². The van der Waals surface area contributed by atoms with Crippen LogP contribution in [0.1, 0.15) is 16.8 Å². The van der Waals surface area contributed by atoms with Gasteiger partial charge in [0.25, 0.3) is 11.8 Å². The normalized spacial score (nSPS) is 15.8. The van der Waals surface area contributed by atoms with Gasteiger partial charge in [0.15, 0.2) is 5.11 Å². The zero-order valence-corrected chi connectivity index (χ0v) is 18.6. The van der Waals surface area contributed by atoms with Gasteiger partial charge in [-0.1, -0.05) is 23.7 Å². The Morgan fingerprint density at radius 1 is 1.06 bits per heavy atom. The fourth-order valence-electron chi connectivity index (χ4n) is 3.44. The van der Waals surface area contributed by atoms with Crippen LogP contribution in [0, 0.1) is 6.92 Å². The molecule has 2 amide bonds. The van der Waals surface area contributed by atoms with Crippen molar-refractivity contribution in [2.45, 2.75) is 13.1 Å². The van der Waals surface area contributed by atoms with Crippen molar-refractivity contribution in [3.05, 3.63) is 88.2 Å². The van der Waals surface area contributed by atoms with Gasteiger partial charge >= 0.3 is 6.18 Å². The molecular weight excluding hydrogens is 475 g/mol. The Bertz CT molecular complexity index is 1330. The topological polar surface area (TPSA) is 54.3 Å². The third-order valence-corrected chi connectivity index (χ3v) is 5.80. The molecule has 0 radical (unpaired) electrons. The van der Waals surface area contributed by atoms with Crippen molar-refractivity contribution in [2.75, 3.05) is 4.90 Å². The molecule has 168 valence electrons. The Kier molecular flexibility index (Phi) is 5.85. The standard InChI is InChI=1S/C23H15ClF3N3O2S/c1-13-18(24)8-3-9-19(13)30-21(32)17(20(31)28-22(30)33)12-16-7-4-10-29(16)15-6-2-5-14(11-15)23(25,26)27/h2-12H,1H3,(H,28,31,33)/b17-12+. The second kappa shape index (κ2) is 8.49. The van der Waals surface area contributed by atoms with E-state index in [1.165, 1.54) is 33.9 Å². The number of carbonyl (C=O) groups excluding carboxylic acids is 2. The van der Waals surface area contributed by atoms with E-state index in [4.69, 9.17) is 23.8 Å². The lowest BCUT2D eigenvalue weighted by atomic mass is 10.1. The van der Waals surface area contributed by atoms with Crippen molar-refractivity contribution in [2.24, 2.45) is 0 Å². The Labute approximate surface area is 197 Å². The highest BCUT2D eigenvalue weighted by Crippen LogP contribution is 2.32. The number of alkyl halides is 3. The first-order valence-electron chi connectivity index (χ1n) is 9.59. The van der Waals surface area contributed by atoms with E-state index < -0.39 is 23.6 Å². The first-order chi connectivity index (χ1) is 15.6. The molecule has 1 saturated heterocycles. The minimum atomic E-state index is -4.51. The summed E-state index contributed by atoms with van der Waals surface area (Å²) in [6.45, 7) is 1.71. The minimum Gasteiger partial charge on any atom is -0.317 e. The lowest BCUT2D eigenvalue weighted by Crippen LogP contribution is -2.54. The molecule has 1 fully saturated rings. The number of hydrogen-bond donors (Lipinski definition) is 1. The van der Waals surface area contributed by atoms with Crippen LogP contribution < -0.4 is 10.2 Å². The molecule has 10 heteroatoms. The number of nitrogens with one attached hydrogen (secondary N) is 1. The smallest absolute Gasteiger partial charge is 0.317 e. The van der Waals surface area contributed by atoms with E-state index in [2.05, 4.69) is 5.32 Å². The number of aromatic nitrogens is 1. The molecule has 5 nitrogen and oxygen atoms in total.